The number of H-pyrrole nitrogens is 1. The monoisotopic (exact) mass is 262 g/mol. The Bertz CT molecular complexity index is 597. The summed E-state index contributed by atoms with van der Waals surface area (Å²) in [6.45, 7) is 2.05. The van der Waals surface area contributed by atoms with Crippen LogP contribution in [0.5, 0.6) is 0 Å². The van der Waals surface area contributed by atoms with E-state index in [2.05, 4.69) is 21.9 Å². The zero-order valence-electron chi connectivity index (χ0n) is 10.0. The van der Waals surface area contributed by atoms with Crippen molar-refractivity contribution in [2.45, 2.75) is 29.9 Å². The first-order chi connectivity index (χ1) is 8.67. The summed E-state index contributed by atoms with van der Waals surface area (Å²) in [4.78, 5) is 22.7. The molecule has 2 aromatic rings. The predicted molar refractivity (Wildman–Crippen MR) is 71.6 cm³/mol. The second-order valence-corrected chi connectivity index (χ2v) is 4.80. The molecule has 0 saturated heterocycles. The fourth-order valence-electron chi connectivity index (χ4n) is 1.50. The van der Waals surface area contributed by atoms with Crippen molar-refractivity contribution in [3.8, 4) is 0 Å². The summed E-state index contributed by atoms with van der Waals surface area (Å²) in [6, 6.07) is 6.89. The van der Waals surface area contributed by atoms with Gasteiger partial charge < -0.3 is 10.7 Å². The topological polar surface area (TPSA) is 84.7 Å². The Hall–Kier alpha value is -1.82. The van der Waals surface area contributed by atoms with Crippen LogP contribution in [0.2, 0.25) is 0 Å². The molecule has 0 atom stereocenters. The van der Waals surface area contributed by atoms with E-state index in [9.17, 15) is 4.79 Å². The smallest absolute Gasteiger partial charge is 0.251 e. The molecule has 0 bridgehead atoms. The number of aromatic nitrogens is 3. The summed E-state index contributed by atoms with van der Waals surface area (Å²) in [6.07, 6.45) is 1.75. The molecule has 6 heteroatoms. The van der Waals surface area contributed by atoms with Crippen LogP contribution in [0.15, 0.2) is 39.2 Å². The van der Waals surface area contributed by atoms with Crippen molar-refractivity contribution in [3.05, 3.63) is 40.3 Å². The van der Waals surface area contributed by atoms with Gasteiger partial charge in [0.15, 0.2) is 5.16 Å². The summed E-state index contributed by atoms with van der Waals surface area (Å²) < 4.78 is 0. The third-order valence-corrected chi connectivity index (χ3v) is 3.05. The number of aryl methyl sites for hydroxylation is 1. The first kappa shape index (κ1) is 12.6. The van der Waals surface area contributed by atoms with Crippen LogP contribution in [-0.2, 0) is 6.42 Å². The maximum Gasteiger partial charge on any atom is 0.251 e. The minimum absolute atomic E-state index is 0.139. The molecule has 94 valence electrons. The third kappa shape index (κ3) is 3.33. The van der Waals surface area contributed by atoms with E-state index in [1.165, 1.54) is 17.8 Å². The van der Waals surface area contributed by atoms with Gasteiger partial charge in [0.05, 0.1) is 0 Å². The van der Waals surface area contributed by atoms with Crippen molar-refractivity contribution >= 4 is 17.6 Å². The molecule has 0 spiro atoms. The molecule has 2 heterocycles. The van der Waals surface area contributed by atoms with Crippen LogP contribution in [0, 0.1) is 0 Å². The first-order valence-corrected chi connectivity index (χ1v) is 6.49. The van der Waals surface area contributed by atoms with Gasteiger partial charge >= 0.3 is 0 Å². The molecule has 3 N–H and O–H groups in total. The normalized spacial score (nSPS) is 10.5. The van der Waals surface area contributed by atoms with Crippen LogP contribution in [0.1, 0.15) is 19.0 Å². The number of nitrogen functional groups attached to an aromatic ring is 1. The lowest BCUT2D eigenvalue weighted by molar-refractivity contribution is 0.815. The number of hydrogen-bond donors (Lipinski definition) is 2. The van der Waals surface area contributed by atoms with E-state index in [0.29, 0.717) is 16.0 Å². The molecule has 18 heavy (non-hydrogen) atoms. The van der Waals surface area contributed by atoms with Gasteiger partial charge in [0.1, 0.15) is 10.8 Å². The second kappa shape index (κ2) is 5.68. The maximum atomic E-state index is 11.5. The molecule has 0 fully saturated rings. The van der Waals surface area contributed by atoms with E-state index in [-0.39, 0.29) is 5.56 Å². The van der Waals surface area contributed by atoms with Gasteiger partial charge in [-0.2, -0.15) is 0 Å². The van der Waals surface area contributed by atoms with E-state index in [0.717, 1.165) is 18.5 Å². The molecular formula is C12H14N4OS. The lowest BCUT2D eigenvalue weighted by atomic mass is 10.2. The number of rotatable bonds is 4. The average Bonchev–Trinajstić information content (AvgIpc) is 2.28. The zero-order chi connectivity index (χ0) is 13.0. The number of nitrogens with two attached hydrogens (primary N) is 1. The number of aromatic amines is 1. The van der Waals surface area contributed by atoms with Gasteiger partial charge in [0.25, 0.3) is 5.56 Å². The predicted octanol–water partition coefficient (Wildman–Crippen LogP) is 1.85. The lowest BCUT2D eigenvalue weighted by Gasteiger charge is -2.03. The van der Waals surface area contributed by atoms with Crippen LogP contribution >= 0.6 is 11.8 Å². The highest BCUT2D eigenvalue weighted by Gasteiger charge is 2.04. The second-order valence-electron chi connectivity index (χ2n) is 3.79. The number of nitrogens with zero attached hydrogens (tertiary/aromatic N) is 2. The Morgan fingerprint density at radius 2 is 2.22 bits per heavy atom. The van der Waals surface area contributed by atoms with Crippen LogP contribution < -0.4 is 11.3 Å². The molecule has 2 rings (SSSR count). The number of pyridine rings is 1. The van der Waals surface area contributed by atoms with Gasteiger partial charge in [0, 0.05) is 11.8 Å². The molecular weight excluding hydrogens is 248 g/mol. The summed E-state index contributed by atoms with van der Waals surface area (Å²) >= 11 is 1.30. The highest BCUT2D eigenvalue weighted by Crippen LogP contribution is 2.22. The van der Waals surface area contributed by atoms with E-state index in [1.807, 2.05) is 12.1 Å². The molecule has 0 aliphatic heterocycles. The highest BCUT2D eigenvalue weighted by atomic mass is 32.2. The molecule has 0 aromatic carbocycles. The molecule has 0 amide bonds. The zero-order valence-corrected chi connectivity index (χ0v) is 10.8. The van der Waals surface area contributed by atoms with Gasteiger partial charge in [-0.15, -0.1) is 0 Å². The Kier molecular flexibility index (Phi) is 3.99. The quantitative estimate of drug-likeness (QED) is 0.821. The van der Waals surface area contributed by atoms with Crippen LogP contribution in [-0.4, -0.2) is 15.0 Å². The minimum atomic E-state index is -0.139. The van der Waals surface area contributed by atoms with E-state index < -0.39 is 0 Å². The first-order valence-electron chi connectivity index (χ1n) is 5.68. The van der Waals surface area contributed by atoms with Crippen molar-refractivity contribution in [1.82, 2.24) is 15.0 Å². The van der Waals surface area contributed by atoms with E-state index in [1.54, 1.807) is 6.07 Å². The summed E-state index contributed by atoms with van der Waals surface area (Å²) in [7, 11) is 0. The number of anilines is 1. The summed E-state index contributed by atoms with van der Waals surface area (Å²) in [5.41, 5.74) is 6.26. The minimum Gasteiger partial charge on any atom is -0.384 e. The Morgan fingerprint density at radius 3 is 2.94 bits per heavy atom. The standard InChI is InChI=1S/C12H14N4OS/c1-2-4-8-7-10(17)16-12(14-8)18-11-6-3-5-9(13)15-11/h3,5-7H,2,4H2,1H3,(H2,13,15)(H,14,16,17). The van der Waals surface area contributed by atoms with Gasteiger partial charge in [-0.05, 0) is 30.3 Å². The van der Waals surface area contributed by atoms with Crippen molar-refractivity contribution in [3.63, 3.8) is 0 Å². The molecule has 0 aliphatic carbocycles. The molecule has 0 radical (unpaired) electrons. The fraction of sp³-hybridized carbons (Fsp3) is 0.250. The summed E-state index contributed by atoms with van der Waals surface area (Å²) in [5, 5.41) is 1.26. The van der Waals surface area contributed by atoms with Crippen LogP contribution in [0.3, 0.4) is 0 Å². The van der Waals surface area contributed by atoms with Gasteiger partial charge in [-0.3, -0.25) is 4.79 Å². The maximum absolute atomic E-state index is 11.5. The molecule has 0 aliphatic rings. The lowest BCUT2D eigenvalue weighted by Crippen LogP contribution is -2.09. The van der Waals surface area contributed by atoms with Crippen LogP contribution in [0.4, 0.5) is 5.82 Å². The van der Waals surface area contributed by atoms with Crippen LogP contribution in [0.25, 0.3) is 0 Å². The third-order valence-electron chi connectivity index (χ3n) is 2.23. The Labute approximate surface area is 109 Å². The average molecular weight is 262 g/mol. The van der Waals surface area contributed by atoms with Gasteiger partial charge in [0.2, 0.25) is 0 Å². The van der Waals surface area contributed by atoms with Crippen molar-refractivity contribution in [2.75, 3.05) is 5.73 Å². The SMILES string of the molecule is CCCc1cc(=O)[nH]c(Sc2cccc(N)n2)n1. The number of nitrogens with one attached hydrogen (secondary N) is 1. The van der Waals surface area contributed by atoms with Crippen molar-refractivity contribution < 1.29 is 0 Å². The molecule has 2 aromatic heterocycles. The largest absolute Gasteiger partial charge is 0.384 e. The fourth-order valence-corrected chi connectivity index (χ4v) is 2.31. The van der Waals surface area contributed by atoms with Crippen molar-refractivity contribution in [2.24, 2.45) is 0 Å². The van der Waals surface area contributed by atoms with E-state index in [4.69, 9.17) is 5.73 Å². The Morgan fingerprint density at radius 1 is 1.39 bits per heavy atom. The molecule has 5 nitrogen and oxygen atoms in total. The summed E-state index contributed by atoms with van der Waals surface area (Å²) in [5.74, 6) is 0.451. The van der Waals surface area contributed by atoms with Crippen molar-refractivity contribution in [1.29, 1.82) is 0 Å². The van der Waals surface area contributed by atoms with E-state index >= 15 is 0 Å². The Balaban J connectivity index is 2.26. The number of hydrogen-bond acceptors (Lipinski definition) is 5. The molecule has 0 saturated carbocycles. The van der Waals surface area contributed by atoms with Gasteiger partial charge in [-0.25, -0.2) is 9.97 Å². The molecule has 0 unspecified atom stereocenters. The van der Waals surface area contributed by atoms with Gasteiger partial charge in [-0.1, -0.05) is 19.4 Å². The highest BCUT2D eigenvalue weighted by molar-refractivity contribution is 7.99.